The molecule has 0 atom stereocenters. The SMILES string of the molecule is CC(C)OC(=O)CCNC(=O)c1cc(F)ccc1F. The molecule has 6 heteroatoms. The average Bonchev–Trinajstić information content (AvgIpc) is 2.31. The van der Waals surface area contributed by atoms with Gasteiger partial charge in [-0.15, -0.1) is 0 Å². The Bertz CT molecular complexity index is 475. The summed E-state index contributed by atoms with van der Waals surface area (Å²) in [6.45, 7) is 3.41. The number of carbonyl (C=O) groups is 2. The maximum absolute atomic E-state index is 13.3. The van der Waals surface area contributed by atoms with Gasteiger partial charge in [0.15, 0.2) is 0 Å². The number of rotatable bonds is 5. The second kappa shape index (κ2) is 6.82. The van der Waals surface area contributed by atoms with Gasteiger partial charge in [0.2, 0.25) is 0 Å². The van der Waals surface area contributed by atoms with Crippen LogP contribution in [0.15, 0.2) is 18.2 Å². The van der Waals surface area contributed by atoms with E-state index in [1.165, 1.54) is 0 Å². The largest absolute Gasteiger partial charge is 0.463 e. The van der Waals surface area contributed by atoms with Gasteiger partial charge in [-0.05, 0) is 32.0 Å². The monoisotopic (exact) mass is 271 g/mol. The molecule has 0 saturated heterocycles. The maximum atomic E-state index is 13.3. The van der Waals surface area contributed by atoms with Crippen molar-refractivity contribution in [1.29, 1.82) is 0 Å². The summed E-state index contributed by atoms with van der Waals surface area (Å²) in [6.07, 6.45) is -0.259. The van der Waals surface area contributed by atoms with E-state index in [1.54, 1.807) is 13.8 Å². The van der Waals surface area contributed by atoms with Gasteiger partial charge in [-0.1, -0.05) is 0 Å². The third-order valence-electron chi connectivity index (χ3n) is 2.15. The van der Waals surface area contributed by atoms with E-state index in [9.17, 15) is 18.4 Å². The Kier molecular flexibility index (Phi) is 5.41. The summed E-state index contributed by atoms with van der Waals surface area (Å²) in [6, 6.07) is 2.60. The minimum atomic E-state index is -0.816. The Morgan fingerprint density at radius 1 is 1.32 bits per heavy atom. The number of hydrogen-bond acceptors (Lipinski definition) is 3. The van der Waals surface area contributed by atoms with E-state index in [1.807, 2.05) is 0 Å². The number of hydrogen-bond donors (Lipinski definition) is 1. The van der Waals surface area contributed by atoms with E-state index in [0.29, 0.717) is 0 Å². The van der Waals surface area contributed by atoms with Crippen molar-refractivity contribution in [3.05, 3.63) is 35.4 Å². The average molecular weight is 271 g/mol. The Balaban J connectivity index is 2.48. The van der Waals surface area contributed by atoms with E-state index >= 15 is 0 Å². The van der Waals surface area contributed by atoms with E-state index in [0.717, 1.165) is 18.2 Å². The van der Waals surface area contributed by atoms with Gasteiger partial charge < -0.3 is 10.1 Å². The van der Waals surface area contributed by atoms with E-state index in [2.05, 4.69) is 5.32 Å². The molecule has 19 heavy (non-hydrogen) atoms. The highest BCUT2D eigenvalue weighted by Crippen LogP contribution is 2.09. The van der Waals surface area contributed by atoms with Crippen LogP contribution in [0.3, 0.4) is 0 Å². The van der Waals surface area contributed by atoms with Crippen molar-refractivity contribution in [3.63, 3.8) is 0 Å². The van der Waals surface area contributed by atoms with Gasteiger partial charge in [0.1, 0.15) is 11.6 Å². The zero-order valence-corrected chi connectivity index (χ0v) is 10.7. The zero-order valence-electron chi connectivity index (χ0n) is 10.7. The van der Waals surface area contributed by atoms with Gasteiger partial charge >= 0.3 is 5.97 Å². The van der Waals surface area contributed by atoms with Crippen molar-refractivity contribution in [2.24, 2.45) is 0 Å². The first kappa shape index (κ1) is 15.1. The van der Waals surface area contributed by atoms with Crippen molar-refractivity contribution in [1.82, 2.24) is 5.32 Å². The fraction of sp³-hybridized carbons (Fsp3) is 0.385. The highest BCUT2D eigenvalue weighted by molar-refractivity contribution is 5.94. The lowest BCUT2D eigenvalue weighted by atomic mass is 10.2. The lowest BCUT2D eigenvalue weighted by Gasteiger charge is -2.09. The molecule has 0 unspecified atom stereocenters. The Morgan fingerprint density at radius 3 is 2.63 bits per heavy atom. The van der Waals surface area contributed by atoms with E-state index in [4.69, 9.17) is 4.74 Å². The van der Waals surface area contributed by atoms with Crippen molar-refractivity contribution < 1.29 is 23.1 Å². The molecule has 0 aromatic heterocycles. The second-order valence-corrected chi connectivity index (χ2v) is 4.17. The standard InChI is InChI=1S/C13H15F2NO3/c1-8(2)19-12(17)5-6-16-13(18)10-7-9(14)3-4-11(10)15/h3-4,7-8H,5-6H2,1-2H3,(H,16,18). The summed E-state index contributed by atoms with van der Waals surface area (Å²) >= 11 is 0. The first-order valence-corrected chi connectivity index (χ1v) is 5.83. The van der Waals surface area contributed by atoms with Crippen LogP contribution in [0.4, 0.5) is 8.78 Å². The molecule has 104 valence electrons. The third-order valence-corrected chi connectivity index (χ3v) is 2.15. The predicted octanol–water partition coefficient (Wildman–Crippen LogP) is 2.04. The molecule has 1 aromatic carbocycles. The molecule has 4 nitrogen and oxygen atoms in total. The van der Waals surface area contributed by atoms with Crippen molar-refractivity contribution in [2.75, 3.05) is 6.54 Å². The maximum Gasteiger partial charge on any atom is 0.307 e. The van der Waals surface area contributed by atoms with Crippen molar-refractivity contribution in [3.8, 4) is 0 Å². The van der Waals surface area contributed by atoms with Gasteiger partial charge in [-0.2, -0.15) is 0 Å². The van der Waals surface area contributed by atoms with Crippen LogP contribution < -0.4 is 5.32 Å². The summed E-state index contributed by atoms with van der Waals surface area (Å²) in [7, 11) is 0. The first-order chi connectivity index (χ1) is 8.90. The molecule has 1 N–H and O–H groups in total. The molecule has 1 amide bonds. The van der Waals surface area contributed by atoms with Gasteiger partial charge in [0.05, 0.1) is 18.1 Å². The minimum Gasteiger partial charge on any atom is -0.463 e. The van der Waals surface area contributed by atoms with E-state index in [-0.39, 0.29) is 19.1 Å². The van der Waals surface area contributed by atoms with Crippen molar-refractivity contribution >= 4 is 11.9 Å². The molecule has 0 radical (unpaired) electrons. The molecule has 0 spiro atoms. The topological polar surface area (TPSA) is 55.4 Å². The van der Waals surface area contributed by atoms with E-state index < -0.39 is 29.1 Å². The molecule has 0 aliphatic carbocycles. The number of ether oxygens (including phenoxy) is 1. The molecule has 0 aliphatic heterocycles. The quantitative estimate of drug-likeness (QED) is 0.834. The lowest BCUT2D eigenvalue weighted by molar-refractivity contribution is -0.147. The third kappa shape index (κ3) is 5.03. The van der Waals surface area contributed by atoms with Crippen LogP contribution >= 0.6 is 0 Å². The summed E-state index contributed by atoms with van der Waals surface area (Å²) in [5.41, 5.74) is -0.391. The molecule has 0 bridgehead atoms. The Morgan fingerprint density at radius 2 is 2.00 bits per heavy atom. The molecule has 1 aromatic rings. The lowest BCUT2D eigenvalue weighted by Crippen LogP contribution is -2.28. The number of carbonyl (C=O) groups excluding carboxylic acids is 2. The van der Waals surface area contributed by atoms with Crippen LogP contribution in [0.2, 0.25) is 0 Å². The first-order valence-electron chi connectivity index (χ1n) is 5.83. The van der Waals surface area contributed by atoms with Gasteiger partial charge in [-0.25, -0.2) is 8.78 Å². The van der Waals surface area contributed by atoms with Crippen LogP contribution in [0.5, 0.6) is 0 Å². The number of halogens is 2. The molecule has 0 aliphatic rings. The molecular formula is C13H15F2NO3. The normalized spacial score (nSPS) is 10.4. The smallest absolute Gasteiger partial charge is 0.307 e. The number of esters is 1. The minimum absolute atomic E-state index is 0.000337. The van der Waals surface area contributed by atoms with Crippen LogP contribution in [-0.2, 0) is 9.53 Å². The predicted molar refractivity (Wildman–Crippen MR) is 64.5 cm³/mol. The molecular weight excluding hydrogens is 256 g/mol. The fourth-order valence-electron chi connectivity index (χ4n) is 1.37. The Labute approximate surface area is 109 Å². The summed E-state index contributed by atoms with van der Waals surface area (Å²) in [4.78, 5) is 22.7. The van der Waals surface area contributed by atoms with Gasteiger partial charge in [0, 0.05) is 6.54 Å². The van der Waals surface area contributed by atoms with Gasteiger partial charge in [-0.3, -0.25) is 9.59 Å². The van der Waals surface area contributed by atoms with Crippen molar-refractivity contribution in [2.45, 2.75) is 26.4 Å². The second-order valence-electron chi connectivity index (χ2n) is 4.17. The highest BCUT2D eigenvalue weighted by Gasteiger charge is 2.13. The molecule has 0 saturated carbocycles. The number of nitrogens with one attached hydrogen (secondary N) is 1. The number of benzene rings is 1. The van der Waals surface area contributed by atoms with Crippen LogP contribution in [0.1, 0.15) is 30.6 Å². The highest BCUT2D eigenvalue weighted by atomic mass is 19.1. The molecule has 0 fully saturated rings. The zero-order chi connectivity index (χ0) is 14.4. The fourth-order valence-corrected chi connectivity index (χ4v) is 1.37. The van der Waals surface area contributed by atoms with Gasteiger partial charge in [0.25, 0.3) is 5.91 Å². The summed E-state index contributed by atoms with van der Waals surface area (Å²) in [5, 5.41) is 2.32. The number of amides is 1. The molecule has 1 rings (SSSR count). The molecule has 0 heterocycles. The van der Waals surface area contributed by atoms with Crippen LogP contribution in [0, 0.1) is 11.6 Å². The summed E-state index contributed by atoms with van der Waals surface area (Å²) in [5.74, 6) is -2.75. The summed E-state index contributed by atoms with van der Waals surface area (Å²) < 4.78 is 31.0. The van der Waals surface area contributed by atoms with Crippen LogP contribution in [0.25, 0.3) is 0 Å². The van der Waals surface area contributed by atoms with Crippen LogP contribution in [-0.4, -0.2) is 24.5 Å². The Hall–Kier alpha value is -1.98.